The van der Waals surface area contributed by atoms with Gasteiger partial charge in [0.1, 0.15) is 5.60 Å². The van der Waals surface area contributed by atoms with Gasteiger partial charge >= 0.3 is 12.3 Å². The van der Waals surface area contributed by atoms with Gasteiger partial charge in [-0.25, -0.2) is 4.79 Å². The lowest BCUT2D eigenvalue weighted by atomic mass is 10.0. The summed E-state index contributed by atoms with van der Waals surface area (Å²) in [5.41, 5.74) is -1.06. The predicted octanol–water partition coefficient (Wildman–Crippen LogP) is 5.09. The Kier molecular flexibility index (Phi) is 4.71. The Hall–Kier alpha value is -1.98. The number of amides is 1. The van der Waals surface area contributed by atoms with Crippen molar-refractivity contribution in [2.45, 2.75) is 39.5 Å². The Morgan fingerprint density at radius 1 is 1.24 bits per heavy atom. The van der Waals surface area contributed by atoms with Crippen LogP contribution < -0.4 is 5.32 Å². The molecule has 0 aliphatic rings. The zero-order valence-corrected chi connectivity index (χ0v) is 12.4. The number of ether oxygens (including phenoxy) is 1. The molecule has 0 saturated heterocycles. The molecule has 0 unspecified atom stereocenters. The van der Waals surface area contributed by atoms with Crippen LogP contribution in [0, 0.1) is 0 Å². The van der Waals surface area contributed by atoms with Crippen LogP contribution in [0.25, 0.3) is 5.57 Å². The molecule has 6 heteroatoms. The number of carbonyl (C=O) groups is 1. The van der Waals surface area contributed by atoms with Gasteiger partial charge in [0, 0.05) is 5.69 Å². The number of halogens is 3. The number of alkyl halides is 3. The topological polar surface area (TPSA) is 38.3 Å². The van der Waals surface area contributed by atoms with Crippen LogP contribution in [0.4, 0.5) is 23.7 Å². The fourth-order valence-corrected chi connectivity index (χ4v) is 1.64. The van der Waals surface area contributed by atoms with Crippen molar-refractivity contribution in [3.05, 3.63) is 35.9 Å². The normalized spacial score (nSPS) is 12.0. The standard InChI is InChI=1S/C15H18F3NO2/c1-9(2)11-8-10(6-7-12(11)15(16,17)18)19-13(20)21-14(3,4)5/h6-8H,1H2,2-5H3,(H,19,20). The van der Waals surface area contributed by atoms with Crippen LogP contribution >= 0.6 is 0 Å². The summed E-state index contributed by atoms with van der Waals surface area (Å²) in [5, 5.41) is 2.40. The number of nitrogens with one attached hydrogen (secondary N) is 1. The molecule has 0 aliphatic heterocycles. The minimum Gasteiger partial charge on any atom is -0.444 e. The van der Waals surface area contributed by atoms with Gasteiger partial charge in [0.2, 0.25) is 0 Å². The second kappa shape index (κ2) is 5.79. The summed E-state index contributed by atoms with van der Waals surface area (Å²) in [6.07, 6.45) is -5.20. The molecule has 1 N–H and O–H groups in total. The van der Waals surface area contributed by atoms with E-state index in [-0.39, 0.29) is 16.8 Å². The van der Waals surface area contributed by atoms with Gasteiger partial charge < -0.3 is 4.74 Å². The highest BCUT2D eigenvalue weighted by atomic mass is 19.4. The number of carbonyl (C=O) groups excluding carboxylic acids is 1. The molecule has 0 saturated carbocycles. The van der Waals surface area contributed by atoms with E-state index in [1.165, 1.54) is 19.1 Å². The average molecular weight is 301 g/mol. The molecule has 1 aromatic carbocycles. The summed E-state index contributed by atoms with van der Waals surface area (Å²) >= 11 is 0. The molecule has 0 atom stereocenters. The van der Waals surface area contributed by atoms with Gasteiger partial charge in [-0.15, -0.1) is 0 Å². The lowest BCUT2D eigenvalue weighted by molar-refractivity contribution is -0.137. The van der Waals surface area contributed by atoms with E-state index >= 15 is 0 Å². The Bertz CT molecular complexity index is 557. The first-order chi connectivity index (χ1) is 9.40. The van der Waals surface area contributed by atoms with Gasteiger partial charge in [-0.1, -0.05) is 12.2 Å². The Morgan fingerprint density at radius 2 is 1.81 bits per heavy atom. The molecule has 1 rings (SSSR count). The first-order valence-electron chi connectivity index (χ1n) is 6.27. The minimum absolute atomic E-state index is 0.0592. The second-order valence-electron chi connectivity index (χ2n) is 5.67. The van der Waals surface area contributed by atoms with Gasteiger partial charge in [-0.2, -0.15) is 13.2 Å². The third-order valence-corrected chi connectivity index (χ3v) is 2.43. The van der Waals surface area contributed by atoms with Crippen LogP contribution in [0.2, 0.25) is 0 Å². The molecule has 0 spiro atoms. The van der Waals surface area contributed by atoms with E-state index in [4.69, 9.17) is 4.74 Å². The lowest BCUT2D eigenvalue weighted by Gasteiger charge is -2.20. The number of benzene rings is 1. The molecule has 21 heavy (non-hydrogen) atoms. The van der Waals surface area contributed by atoms with E-state index in [1.54, 1.807) is 20.8 Å². The number of hydrogen-bond donors (Lipinski definition) is 1. The number of anilines is 1. The van der Waals surface area contributed by atoms with E-state index < -0.39 is 23.4 Å². The summed E-state index contributed by atoms with van der Waals surface area (Å²) in [6, 6.07) is 3.32. The van der Waals surface area contributed by atoms with E-state index in [0.717, 1.165) is 6.07 Å². The summed E-state index contributed by atoms with van der Waals surface area (Å²) in [5.74, 6) is 0. The predicted molar refractivity (Wildman–Crippen MR) is 76.0 cm³/mol. The first kappa shape index (κ1) is 17.1. The van der Waals surface area contributed by atoms with Crippen LogP contribution in [0.15, 0.2) is 24.8 Å². The van der Waals surface area contributed by atoms with Crippen molar-refractivity contribution in [1.29, 1.82) is 0 Å². The van der Waals surface area contributed by atoms with Crippen LogP contribution in [0.1, 0.15) is 38.8 Å². The third-order valence-electron chi connectivity index (χ3n) is 2.43. The van der Waals surface area contributed by atoms with Gasteiger partial charge in [0.15, 0.2) is 0 Å². The van der Waals surface area contributed by atoms with Crippen molar-refractivity contribution in [3.63, 3.8) is 0 Å². The molecule has 116 valence electrons. The van der Waals surface area contributed by atoms with Crippen LogP contribution in [0.3, 0.4) is 0 Å². The quantitative estimate of drug-likeness (QED) is 0.826. The molecule has 0 heterocycles. The van der Waals surface area contributed by atoms with Crippen LogP contribution in [-0.4, -0.2) is 11.7 Å². The van der Waals surface area contributed by atoms with Crippen molar-refractivity contribution in [3.8, 4) is 0 Å². The summed E-state index contributed by atoms with van der Waals surface area (Å²) in [6.45, 7) is 10.1. The molecule has 0 aromatic heterocycles. The molecule has 3 nitrogen and oxygen atoms in total. The monoisotopic (exact) mass is 301 g/mol. The van der Waals surface area contributed by atoms with E-state index in [0.29, 0.717) is 0 Å². The molecule has 0 radical (unpaired) electrons. The highest BCUT2D eigenvalue weighted by Gasteiger charge is 2.33. The molecule has 0 aliphatic carbocycles. The maximum Gasteiger partial charge on any atom is 0.416 e. The molecular formula is C15H18F3NO2. The molecular weight excluding hydrogens is 283 g/mol. The first-order valence-corrected chi connectivity index (χ1v) is 6.27. The van der Waals surface area contributed by atoms with Crippen molar-refractivity contribution in [2.75, 3.05) is 5.32 Å². The summed E-state index contributed by atoms with van der Waals surface area (Å²) in [4.78, 5) is 11.6. The Morgan fingerprint density at radius 3 is 2.24 bits per heavy atom. The molecule has 1 aromatic rings. The van der Waals surface area contributed by atoms with Gasteiger partial charge in [0.25, 0.3) is 0 Å². The highest BCUT2D eigenvalue weighted by Crippen LogP contribution is 2.36. The SMILES string of the molecule is C=C(C)c1cc(NC(=O)OC(C)(C)C)ccc1C(F)(F)F. The van der Waals surface area contributed by atoms with Gasteiger partial charge in [-0.3, -0.25) is 5.32 Å². The van der Waals surface area contributed by atoms with Crippen molar-refractivity contribution < 1.29 is 22.7 Å². The maximum absolute atomic E-state index is 12.9. The Labute approximate surface area is 121 Å². The van der Waals surface area contributed by atoms with Crippen molar-refractivity contribution >= 4 is 17.4 Å². The van der Waals surface area contributed by atoms with Gasteiger partial charge in [0.05, 0.1) is 5.56 Å². The summed E-state index contributed by atoms with van der Waals surface area (Å²) < 4.78 is 43.7. The van der Waals surface area contributed by atoms with E-state index in [1.807, 2.05) is 0 Å². The second-order valence-corrected chi connectivity index (χ2v) is 5.67. The lowest BCUT2D eigenvalue weighted by Crippen LogP contribution is -2.27. The zero-order valence-electron chi connectivity index (χ0n) is 12.4. The van der Waals surface area contributed by atoms with Crippen molar-refractivity contribution in [2.24, 2.45) is 0 Å². The summed E-state index contributed by atoms with van der Waals surface area (Å²) in [7, 11) is 0. The number of rotatable bonds is 2. The largest absolute Gasteiger partial charge is 0.444 e. The van der Waals surface area contributed by atoms with E-state index in [2.05, 4.69) is 11.9 Å². The smallest absolute Gasteiger partial charge is 0.416 e. The average Bonchev–Trinajstić information content (AvgIpc) is 2.24. The fourth-order valence-electron chi connectivity index (χ4n) is 1.64. The molecule has 0 fully saturated rings. The molecule has 0 bridgehead atoms. The van der Waals surface area contributed by atoms with Crippen LogP contribution in [-0.2, 0) is 10.9 Å². The van der Waals surface area contributed by atoms with Crippen LogP contribution in [0.5, 0.6) is 0 Å². The Balaban J connectivity index is 3.05. The van der Waals surface area contributed by atoms with Crippen molar-refractivity contribution in [1.82, 2.24) is 0 Å². The minimum atomic E-state index is -4.47. The third kappa shape index (κ3) is 5.13. The fraction of sp³-hybridized carbons (Fsp3) is 0.400. The number of hydrogen-bond acceptors (Lipinski definition) is 2. The maximum atomic E-state index is 12.9. The number of allylic oxidation sites excluding steroid dienone is 1. The van der Waals surface area contributed by atoms with E-state index in [9.17, 15) is 18.0 Å². The highest BCUT2D eigenvalue weighted by molar-refractivity contribution is 5.86. The van der Waals surface area contributed by atoms with Gasteiger partial charge in [-0.05, 0) is 51.5 Å². The molecule has 1 amide bonds. The zero-order chi connectivity index (χ0) is 16.4.